The average molecular weight is 315 g/mol. The van der Waals surface area contributed by atoms with Crippen LogP contribution in [0.1, 0.15) is 28.4 Å². The molecule has 0 radical (unpaired) electrons. The quantitative estimate of drug-likeness (QED) is 0.757. The Morgan fingerprint density at radius 3 is 2.22 bits per heavy atom. The van der Waals surface area contributed by atoms with E-state index in [4.69, 9.17) is 16.9 Å². The number of hydrogen-bond donors (Lipinski definition) is 3. The van der Waals surface area contributed by atoms with Gasteiger partial charge in [0.25, 0.3) is 0 Å². The molecule has 4 nitrogen and oxygen atoms in total. The van der Waals surface area contributed by atoms with Gasteiger partial charge in [-0.1, -0.05) is 6.07 Å². The topological polar surface area (TPSA) is 93.0 Å². The molecular weight excluding hydrogens is 300 g/mol. The second kappa shape index (κ2) is 6.39. The molecule has 0 aromatic heterocycles. The number of halogens is 2. The highest BCUT2D eigenvalue weighted by molar-refractivity contribution is 6.18. The maximum absolute atomic E-state index is 14.1. The van der Waals surface area contributed by atoms with Crippen LogP contribution in [-0.2, 0) is 0 Å². The van der Waals surface area contributed by atoms with Gasteiger partial charge in [0.1, 0.15) is 11.6 Å². The van der Waals surface area contributed by atoms with Gasteiger partial charge in [-0.05, 0) is 54.5 Å². The van der Waals surface area contributed by atoms with Crippen LogP contribution >= 0.6 is 0 Å². The van der Waals surface area contributed by atoms with Crippen molar-refractivity contribution in [3.63, 3.8) is 0 Å². The smallest absolute Gasteiger partial charge is 0.249 e. The molecule has 0 saturated carbocycles. The van der Waals surface area contributed by atoms with Crippen molar-refractivity contribution >= 4 is 17.3 Å². The fourth-order valence-corrected chi connectivity index (χ4v) is 2.15. The van der Waals surface area contributed by atoms with Crippen LogP contribution in [0.15, 0.2) is 48.0 Å². The van der Waals surface area contributed by atoms with Crippen molar-refractivity contribution in [2.75, 3.05) is 0 Å². The van der Waals surface area contributed by atoms with E-state index in [-0.39, 0.29) is 28.1 Å². The van der Waals surface area contributed by atoms with Crippen LogP contribution in [-0.4, -0.2) is 11.6 Å². The number of carbonyl (C=O) groups is 1. The van der Waals surface area contributed by atoms with E-state index in [0.29, 0.717) is 5.56 Å². The molecule has 1 amide bonds. The summed E-state index contributed by atoms with van der Waals surface area (Å²) in [6.45, 7) is 1.53. The molecule has 2 rings (SSSR count). The highest BCUT2D eigenvalue weighted by atomic mass is 19.1. The first-order chi connectivity index (χ1) is 10.8. The fourth-order valence-electron chi connectivity index (χ4n) is 2.15. The first-order valence-corrected chi connectivity index (χ1v) is 6.72. The van der Waals surface area contributed by atoms with E-state index in [1.54, 1.807) is 0 Å². The van der Waals surface area contributed by atoms with Crippen LogP contribution in [0.25, 0.3) is 5.70 Å². The molecule has 0 bridgehead atoms. The Balaban J connectivity index is 2.54. The SMILES string of the molecule is C/C(C(=N)c1c(F)cccc1C(N)=O)=C(/N)c1ccc(F)cc1. The van der Waals surface area contributed by atoms with Crippen molar-refractivity contribution in [2.24, 2.45) is 11.5 Å². The molecule has 0 aliphatic rings. The van der Waals surface area contributed by atoms with E-state index >= 15 is 0 Å². The predicted octanol–water partition coefficient (Wildman–Crippen LogP) is 2.82. The lowest BCUT2D eigenvalue weighted by atomic mass is 9.94. The number of nitrogens with two attached hydrogens (primary N) is 2. The number of carbonyl (C=O) groups excluding carboxylic acids is 1. The third-order valence-corrected chi connectivity index (χ3v) is 3.46. The van der Waals surface area contributed by atoms with Crippen LogP contribution in [0.5, 0.6) is 0 Å². The highest BCUT2D eigenvalue weighted by Gasteiger charge is 2.19. The molecule has 0 atom stereocenters. The number of nitrogens with one attached hydrogen (secondary N) is 1. The van der Waals surface area contributed by atoms with Gasteiger partial charge in [-0.15, -0.1) is 0 Å². The number of amides is 1. The van der Waals surface area contributed by atoms with Gasteiger partial charge >= 0.3 is 0 Å². The Kier molecular flexibility index (Phi) is 4.55. The third kappa shape index (κ3) is 3.26. The number of benzene rings is 2. The Labute approximate surface area is 131 Å². The van der Waals surface area contributed by atoms with Gasteiger partial charge in [0.15, 0.2) is 0 Å². The fraction of sp³-hybridized carbons (Fsp3) is 0.0588. The van der Waals surface area contributed by atoms with Crippen molar-refractivity contribution < 1.29 is 13.6 Å². The summed E-state index contributed by atoms with van der Waals surface area (Å²) in [5.74, 6) is -1.99. The highest BCUT2D eigenvalue weighted by Crippen LogP contribution is 2.22. The molecule has 0 unspecified atom stereocenters. The van der Waals surface area contributed by atoms with E-state index in [9.17, 15) is 13.6 Å². The minimum Gasteiger partial charge on any atom is -0.398 e. The summed E-state index contributed by atoms with van der Waals surface area (Å²) in [7, 11) is 0. The lowest BCUT2D eigenvalue weighted by Gasteiger charge is -2.13. The molecule has 0 heterocycles. The zero-order chi connectivity index (χ0) is 17.1. The molecule has 2 aromatic carbocycles. The lowest BCUT2D eigenvalue weighted by Crippen LogP contribution is -2.19. The number of rotatable bonds is 4. The van der Waals surface area contributed by atoms with Crippen LogP contribution in [0.4, 0.5) is 8.78 Å². The van der Waals surface area contributed by atoms with Gasteiger partial charge < -0.3 is 11.5 Å². The summed E-state index contributed by atoms with van der Waals surface area (Å²) in [6, 6.07) is 9.20. The van der Waals surface area contributed by atoms with Crippen molar-refractivity contribution in [1.82, 2.24) is 0 Å². The molecule has 0 aliphatic heterocycles. The summed E-state index contributed by atoms with van der Waals surface area (Å²) in [4.78, 5) is 11.4. The zero-order valence-electron chi connectivity index (χ0n) is 12.4. The standard InChI is InChI=1S/C17H15F2N3O/c1-9(15(20)10-5-7-11(18)8-6-10)16(21)14-12(17(22)23)3-2-4-13(14)19/h2-8,21H,20H2,1H3,(H2,22,23)/b15-9-,21-16?. The number of primary amides is 1. The molecule has 6 heteroatoms. The summed E-state index contributed by atoms with van der Waals surface area (Å²) in [5, 5.41) is 8.17. The van der Waals surface area contributed by atoms with Gasteiger partial charge in [-0.2, -0.15) is 0 Å². The molecule has 2 aromatic rings. The van der Waals surface area contributed by atoms with E-state index < -0.39 is 17.5 Å². The van der Waals surface area contributed by atoms with Gasteiger partial charge in [-0.3, -0.25) is 10.2 Å². The van der Waals surface area contributed by atoms with E-state index in [1.165, 1.54) is 43.3 Å². The summed E-state index contributed by atoms with van der Waals surface area (Å²) < 4.78 is 27.0. The second-order valence-electron chi connectivity index (χ2n) is 4.95. The van der Waals surface area contributed by atoms with E-state index in [0.717, 1.165) is 6.07 Å². The number of allylic oxidation sites excluding steroid dienone is 1. The van der Waals surface area contributed by atoms with Gasteiger partial charge in [0, 0.05) is 11.3 Å². The van der Waals surface area contributed by atoms with Crippen molar-refractivity contribution in [1.29, 1.82) is 5.41 Å². The van der Waals surface area contributed by atoms with Crippen LogP contribution < -0.4 is 11.5 Å². The molecule has 118 valence electrons. The normalized spacial score (nSPS) is 11.8. The molecule has 5 N–H and O–H groups in total. The summed E-state index contributed by atoms with van der Waals surface area (Å²) in [5.41, 5.74) is 11.6. The first kappa shape index (κ1) is 16.4. The third-order valence-electron chi connectivity index (χ3n) is 3.46. The van der Waals surface area contributed by atoms with Crippen LogP contribution in [0.2, 0.25) is 0 Å². The van der Waals surface area contributed by atoms with Crippen molar-refractivity contribution in [3.05, 3.63) is 76.4 Å². The van der Waals surface area contributed by atoms with Crippen LogP contribution in [0.3, 0.4) is 0 Å². The molecule has 0 aliphatic carbocycles. The van der Waals surface area contributed by atoms with Crippen molar-refractivity contribution in [3.8, 4) is 0 Å². The monoisotopic (exact) mass is 315 g/mol. The minimum atomic E-state index is -0.836. The zero-order valence-corrected chi connectivity index (χ0v) is 12.4. The molecule has 0 spiro atoms. The maximum atomic E-state index is 14.1. The Bertz CT molecular complexity index is 811. The Hall–Kier alpha value is -3.02. The van der Waals surface area contributed by atoms with Crippen LogP contribution in [0, 0.1) is 17.0 Å². The first-order valence-electron chi connectivity index (χ1n) is 6.72. The van der Waals surface area contributed by atoms with Crippen molar-refractivity contribution in [2.45, 2.75) is 6.92 Å². The predicted molar refractivity (Wildman–Crippen MR) is 84.9 cm³/mol. The molecule has 0 fully saturated rings. The van der Waals surface area contributed by atoms with E-state index in [2.05, 4.69) is 0 Å². The largest absolute Gasteiger partial charge is 0.398 e. The molecular formula is C17H15F2N3O. The minimum absolute atomic E-state index is 0.0961. The molecule has 0 saturated heterocycles. The van der Waals surface area contributed by atoms with Gasteiger partial charge in [-0.25, -0.2) is 8.78 Å². The lowest BCUT2D eigenvalue weighted by molar-refractivity contribution is 0.0999. The molecule has 23 heavy (non-hydrogen) atoms. The van der Waals surface area contributed by atoms with E-state index in [1.807, 2.05) is 0 Å². The summed E-state index contributed by atoms with van der Waals surface area (Å²) >= 11 is 0. The van der Waals surface area contributed by atoms with Gasteiger partial charge in [0.2, 0.25) is 5.91 Å². The maximum Gasteiger partial charge on any atom is 0.249 e. The van der Waals surface area contributed by atoms with Gasteiger partial charge in [0.05, 0.1) is 11.3 Å². The Morgan fingerprint density at radius 1 is 1.04 bits per heavy atom. The summed E-state index contributed by atoms with van der Waals surface area (Å²) in [6.07, 6.45) is 0. The average Bonchev–Trinajstić information content (AvgIpc) is 2.53. The Morgan fingerprint density at radius 2 is 1.65 bits per heavy atom. The second-order valence-corrected chi connectivity index (χ2v) is 4.95. The number of hydrogen-bond acceptors (Lipinski definition) is 3.